The number of hydrogen-bond donors (Lipinski definition) is 1. The van der Waals surface area contributed by atoms with Crippen LogP contribution in [0.4, 0.5) is 0 Å². The first-order chi connectivity index (χ1) is 8.78. The van der Waals surface area contributed by atoms with E-state index in [0.717, 1.165) is 30.1 Å². The standard InChI is InChI=1S/C15H20N2O/c1-12-4-2-6-14(8-12)18-15-9-13(5-3-7-16)10-17-11-15/h9-12,14H,2,4,6-8,16H2,1H3. The maximum atomic E-state index is 5.98. The second-order valence-corrected chi connectivity index (χ2v) is 4.93. The highest BCUT2D eigenvalue weighted by Gasteiger charge is 2.20. The first-order valence-electron chi connectivity index (χ1n) is 6.58. The molecule has 1 fully saturated rings. The number of rotatable bonds is 2. The quantitative estimate of drug-likeness (QED) is 0.812. The van der Waals surface area contributed by atoms with Crippen LogP contribution in [0.3, 0.4) is 0 Å². The van der Waals surface area contributed by atoms with Gasteiger partial charge in [0.15, 0.2) is 0 Å². The molecule has 2 unspecified atom stereocenters. The maximum absolute atomic E-state index is 5.98. The van der Waals surface area contributed by atoms with Crippen molar-refractivity contribution >= 4 is 0 Å². The number of nitrogens with zero attached hydrogens (tertiary/aromatic N) is 1. The molecule has 1 saturated carbocycles. The van der Waals surface area contributed by atoms with Crippen LogP contribution in [0.25, 0.3) is 0 Å². The van der Waals surface area contributed by atoms with Gasteiger partial charge in [-0.1, -0.05) is 25.2 Å². The molecule has 18 heavy (non-hydrogen) atoms. The van der Waals surface area contributed by atoms with Crippen LogP contribution in [0.15, 0.2) is 18.5 Å². The average molecular weight is 244 g/mol. The molecule has 3 nitrogen and oxygen atoms in total. The second-order valence-electron chi connectivity index (χ2n) is 4.93. The zero-order valence-corrected chi connectivity index (χ0v) is 10.9. The van der Waals surface area contributed by atoms with Crippen LogP contribution >= 0.6 is 0 Å². The highest BCUT2D eigenvalue weighted by molar-refractivity contribution is 5.36. The van der Waals surface area contributed by atoms with E-state index in [-0.39, 0.29) is 0 Å². The Morgan fingerprint density at radius 3 is 3.11 bits per heavy atom. The molecule has 0 aliphatic heterocycles. The normalized spacial score (nSPS) is 23.0. The van der Waals surface area contributed by atoms with Crippen LogP contribution in [0, 0.1) is 17.8 Å². The maximum Gasteiger partial charge on any atom is 0.139 e. The number of ether oxygens (including phenoxy) is 1. The zero-order valence-electron chi connectivity index (χ0n) is 10.9. The molecule has 1 aromatic rings. The van der Waals surface area contributed by atoms with Crippen molar-refractivity contribution in [2.45, 2.75) is 38.7 Å². The van der Waals surface area contributed by atoms with E-state index < -0.39 is 0 Å². The first kappa shape index (κ1) is 12.9. The van der Waals surface area contributed by atoms with E-state index in [1.165, 1.54) is 12.8 Å². The lowest BCUT2D eigenvalue weighted by molar-refractivity contribution is 0.129. The minimum absolute atomic E-state index is 0.327. The third-order valence-electron chi connectivity index (χ3n) is 3.24. The molecule has 0 bridgehead atoms. The second kappa shape index (κ2) is 6.42. The van der Waals surface area contributed by atoms with Gasteiger partial charge in [-0.15, -0.1) is 0 Å². The van der Waals surface area contributed by atoms with Gasteiger partial charge >= 0.3 is 0 Å². The van der Waals surface area contributed by atoms with Crippen molar-refractivity contribution in [2.24, 2.45) is 11.7 Å². The lowest BCUT2D eigenvalue weighted by Gasteiger charge is -2.27. The monoisotopic (exact) mass is 244 g/mol. The van der Waals surface area contributed by atoms with Crippen molar-refractivity contribution in [3.63, 3.8) is 0 Å². The summed E-state index contributed by atoms with van der Waals surface area (Å²) < 4.78 is 5.98. The van der Waals surface area contributed by atoms with E-state index in [4.69, 9.17) is 10.5 Å². The van der Waals surface area contributed by atoms with Crippen LogP contribution in [0.1, 0.15) is 38.2 Å². The van der Waals surface area contributed by atoms with Gasteiger partial charge in [0, 0.05) is 11.8 Å². The summed E-state index contributed by atoms with van der Waals surface area (Å²) in [6.45, 7) is 2.65. The summed E-state index contributed by atoms with van der Waals surface area (Å²) in [4.78, 5) is 4.15. The van der Waals surface area contributed by atoms with Gasteiger partial charge in [0.2, 0.25) is 0 Å². The molecule has 2 rings (SSSR count). The van der Waals surface area contributed by atoms with Gasteiger partial charge in [-0.2, -0.15) is 0 Å². The van der Waals surface area contributed by atoms with E-state index in [1.807, 2.05) is 6.07 Å². The summed E-state index contributed by atoms with van der Waals surface area (Å²) >= 11 is 0. The van der Waals surface area contributed by atoms with Crippen molar-refractivity contribution in [1.82, 2.24) is 4.98 Å². The van der Waals surface area contributed by atoms with E-state index in [1.54, 1.807) is 12.4 Å². The van der Waals surface area contributed by atoms with Crippen molar-refractivity contribution in [3.05, 3.63) is 24.0 Å². The fourth-order valence-corrected chi connectivity index (χ4v) is 2.38. The number of aromatic nitrogens is 1. The summed E-state index contributed by atoms with van der Waals surface area (Å²) in [5.74, 6) is 7.38. The molecule has 3 heteroatoms. The molecule has 0 radical (unpaired) electrons. The fraction of sp³-hybridized carbons (Fsp3) is 0.533. The number of pyridine rings is 1. The van der Waals surface area contributed by atoms with Crippen molar-refractivity contribution in [3.8, 4) is 17.6 Å². The van der Waals surface area contributed by atoms with Gasteiger partial charge in [-0.25, -0.2) is 0 Å². The lowest BCUT2D eigenvalue weighted by Crippen LogP contribution is -2.24. The Labute approximate surface area is 109 Å². The Morgan fingerprint density at radius 1 is 1.44 bits per heavy atom. The zero-order chi connectivity index (χ0) is 12.8. The van der Waals surface area contributed by atoms with Crippen LogP contribution in [0.5, 0.6) is 5.75 Å². The molecule has 1 aliphatic carbocycles. The first-order valence-corrected chi connectivity index (χ1v) is 6.58. The smallest absolute Gasteiger partial charge is 0.139 e. The minimum Gasteiger partial charge on any atom is -0.489 e. The Hall–Kier alpha value is -1.53. The third-order valence-corrected chi connectivity index (χ3v) is 3.24. The number of hydrogen-bond acceptors (Lipinski definition) is 3. The lowest BCUT2D eigenvalue weighted by atomic mass is 9.89. The van der Waals surface area contributed by atoms with Gasteiger partial charge < -0.3 is 10.5 Å². The van der Waals surface area contributed by atoms with Crippen molar-refractivity contribution in [2.75, 3.05) is 6.54 Å². The SMILES string of the molecule is CC1CCCC(Oc2cncc(C#CCN)c2)C1. The Balaban J connectivity index is 2.00. The van der Waals surface area contributed by atoms with Crippen molar-refractivity contribution in [1.29, 1.82) is 0 Å². The highest BCUT2D eigenvalue weighted by atomic mass is 16.5. The molecule has 0 aromatic carbocycles. The molecule has 0 amide bonds. The fourth-order valence-electron chi connectivity index (χ4n) is 2.38. The van der Waals surface area contributed by atoms with Gasteiger partial charge in [0.1, 0.15) is 5.75 Å². The topological polar surface area (TPSA) is 48.1 Å². The van der Waals surface area contributed by atoms with E-state index in [0.29, 0.717) is 12.6 Å². The van der Waals surface area contributed by atoms with E-state index in [9.17, 15) is 0 Å². The molecule has 0 spiro atoms. The molecule has 1 aliphatic rings. The molecule has 2 atom stereocenters. The van der Waals surface area contributed by atoms with Gasteiger partial charge in [-0.3, -0.25) is 4.98 Å². The summed E-state index contributed by atoms with van der Waals surface area (Å²) in [6, 6.07) is 1.94. The molecular formula is C15H20N2O. The molecule has 96 valence electrons. The van der Waals surface area contributed by atoms with E-state index in [2.05, 4.69) is 23.7 Å². The molecule has 2 N–H and O–H groups in total. The van der Waals surface area contributed by atoms with Gasteiger partial charge in [-0.05, 0) is 31.2 Å². The Bertz CT molecular complexity index is 447. The summed E-state index contributed by atoms with van der Waals surface area (Å²) in [6.07, 6.45) is 8.67. The minimum atomic E-state index is 0.327. The Kier molecular flexibility index (Phi) is 4.60. The third kappa shape index (κ3) is 3.75. The predicted octanol–water partition coefficient (Wildman–Crippen LogP) is 2.35. The van der Waals surface area contributed by atoms with Gasteiger partial charge in [0.25, 0.3) is 0 Å². The Morgan fingerprint density at radius 2 is 2.33 bits per heavy atom. The average Bonchev–Trinajstić information content (AvgIpc) is 2.37. The van der Waals surface area contributed by atoms with Crippen molar-refractivity contribution < 1.29 is 4.74 Å². The van der Waals surface area contributed by atoms with Crippen LogP contribution in [0.2, 0.25) is 0 Å². The summed E-state index contributed by atoms with van der Waals surface area (Å²) in [5, 5.41) is 0. The molecule has 1 aromatic heterocycles. The molecular weight excluding hydrogens is 224 g/mol. The van der Waals surface area contributed by atoms with Gasteiger partial charge in [0.05, 0.1) is 18.8 Å². The predicted molar refractivity (Wildman–Crippen MR) is 72.2 cm³/mol. The van der Waals surface area contributed by atoms with E-state index >= 15 is 0 Å². The highest BCUT2D eigenvalue weighted by Crippen LogP contribution is 2.27. The number of nitrogens with two attached hydrogens (primary N) is 1. The van der Waals surface area contributed by atoms with Crippen LogP contribution in [-0.4, -0.2) is 17.6 Å². The summed E-state index contributed by atoms with van der Waals surface area (Å²) in [7, 11) is 0. The van der Waals surface area contributed by atoms with Crippen LogP contribution in [-0.2, 0) is 0 Å². The largest absolute Gasteiger partial charge is 0.489 e. The summed E-state index contributed by atoms with van der Waals surface area (Å²) in [5.41, 5.74) is 6.22. The molecule has 1 heterocycles. The molecule has 0 saturated heterocycles. The van der Waals surface area contributed by atoms with Crippen LogP contribution < -0.4 is 10.5 Å².